The zero-order chi connectivity index (χ0) is 20.2. The molecule has 0 radical (unpaired) electrons. The Kier molecular flexibility index (Phi) is 5.43. The molecule has 0 aliphatic heterocycles. The Morgan fingerprint density at radius 2 is 1.83 bits per heavy atom. The Balaban J connectivity index is 1.34. The first-order chi connectivity index (χ1) is 14.1. The molecule has 4 heteroatoms. The first kappa shape index (κ1) is 18.9. The number of hydrogen-bond donors (Lipinski definition) is 2. The highest BCUT2D eigenvalue weighted by Crippen LogP contribution is 2.20. The summed E-state index contributed by atoms with van der Waals surface area (Å²) in [5, 5.41) is 4.20. The molecule has 0 atom stereocenters. The van der Waals surface area contributed by atoms with Crippen molar-refractivity contribution in [3.63, 3.8) is 0 Å². The van der Waals surface area contributed by atoms with Gasteiger partial charge in [-0.05, 0) is 72.9 Å². The van der Waals surface area contributed by atoms with Gasteiger partial charge in [0.2, 0.25) is 0 Å². The maximum absolute atomic E-state index is 13.3. The molecule has 0 saturated carbocycles. The molecule has 3 nitrogen and oxygen atoms in total. The number of amides is 1. The van der Waals surface area contributed by atoms with E-state index in [0.29, 0.717) is 18.5 Å². The maximum Gasteiger partial charge on any atom is 0.251 e. The van der Waals surface area contributed by atoms with E-state index >= 15 is 0 Å². The second-order valence-electron chi connectivity index (χ2n) is 7.37. The van der Waals surface area contributed by atoms with Crippen molar-refractivity contribution in [1.82, 2.24) is 10.3 Å². The van der Waals surface area contributed by atoms with Crippen LogP contribution in [0.5, 0.6) is 0 Å². The van der Waals surface area contributed by atoms with E-state index in [0.717, 1.165) is 23.1 Å². The van der Waals surface area contributed by atoms with E-state index < -0.39 is 0 Å². The van der Waals surface area contributed by atoms with Gasteiger partial charge in [0.25, 0.3) is 5.91 Å². The molecular formula is C25H23FN2O. The van der Waals surface area contributed by atoms with E-state index in [2.05, 4.69) is 35.4 Å². The lowest BCUT2D eigenvalue weighted by Crippen LogP contribution is -2.25. The minimum atomic E-state index is -0.233. The molecule has 0 unspecified atom stereocenters. The highest BCUT2D eigenvalue weighted by Gasteiger charge is 2.08. The van der Waals surface area contributed by atoms with Crippen LogP contribution in [-0.4, -0.2) is 17.4 Å². The predicted octanol–water partition coefficient (Wildman–Crippen LogP) is 5.18. The van der Waals surface area contributed by atoms with Crippen molar-refractivity contribution in [3.05, 3.63) is 107 Å². The number of carbonyl (C=O) groups excluding carboxylic acids is 1. The molecule has 146 valence electrons. The number of rotatable bonds is 6. The van der Waals surface area contributed by atoms with Gasteiger partial charge in [-0.2, -0.15) is 0 Å². The van der Waals surface area contributed by atoms with Gasteiger partial charge >= 0.3 is 0 Å². The number of benzene rings is 3. The molecule has 3 aromatic carbocycles. The molecule has 1 heterocycles. The molecule has 4 aromatic rings. The standard InChI is InChI=1S/C25H23FN2O/c1-17-5-10-24-23(13-17)21(16-28-24)11-12-27-25(29)20-8-6-18(7-9-20)14-19-3-2-4-22(26)15-19/h2-10,13,15-16,28H,11-12,14H2,1H3,(H,27,29). The SMILES string of the molecule is Cc1ccc2[nH]cc(CCNC(=O)c3ccc(Cc4cccc(F)c4)cc3)c2c1. The summed E-state index contributed by atoms with van der Waals surface area (Å²) < 4.78 is 13.3. The minimum Gasteiger partial charge on any atom is -0.361 e. The number of H-pyrrole nitrogens is 1. The molecule has 0 aliphatic carbocycles. The molecule has 0 aliphatic rings. The zero-order valence-electron chi connectivity index (χ0n) is 16.3. The average Bonchev–Trinajstić information content (AvgIpc) is 3.10. The lowest BCUT2D eigenvalue weighted by atomic mass is 10.0. The summed E-state index contributed by atoms with van der Waals surface area (Å²) in [6, 6.07) is 20.4. The predicted molar refractivity (Wildman–Crippen MR) is 115 cm³/mol. The van der Waals surface area contributed by atoms with Crippen molar-refractivity contribution in [2.24, 2.45) is 0 Å². The van der Waals surface area contributed by atoms with Gasteiger partial charge in [0.1, 0.15) is 5.82 Å². The lowest BCUT2D eigenvalue weighted by molar-refractivity contribution is 0.0954. The second kappa shape index (κ2) is 8.31. The third-order valence-corrected chi connectivity index (χ3v) is 5.12. The van der Waals surface area contributed by atoms with Gasteiger partial charge in [0.15, 0.2) is 0 Å². The van der Waals surface area contributed by atoms with Crippen LogP contribution in [0.2, 0.25) is 0 Å². The topological polar surface area (TPSA) is 44.9 Å². The Labute approximate surface area is 169 Å². The van der Waals surface area contributed by atoms with Gasteiger partial charge in [-0.25, -0.2) is 4.39 Å². The molecule has 1 aromatic heterocycles. The Morgan fingerprint density at radius 3 is 2.62 bits per heavy atom. The summed E-state index contributed by atoms with van der Waals surface area (Å²) in [4.78, 5) is 15.7. The van der Waals surface area contributed by atoms with Crippen molar-refractivity contribution >= 4 is 16.8 Å². The number of aromatic nitrogens is 1. The normalized spacial score (nSPS) is 11.0. The maximum atomic E-state index is 13.3. The number of carbonyl (C=O) groups is 1. The van der Waals surface area contributed by atoms with Crippen LogP contribution in [0.3, 0.4) is 0 Å². The first-order valence-electron chi connectivity index (χ1n) is 9.77. The average molecular weight is 386 g/mol. The second-order valence-corrected chi connectivity index (χ2v) is 7.37. The van der Waals surface area contributed by atoms with E-state index in [1.54, 1.807) is 6.07 Å². The summed E-state index contributed by atoms with van der Waals surface area (Å²) >= 11 is 0. The molecular weight excluding hydrogens is 363 g/mol. The van der Waals surface area contributed by atoms with E-state index in [-0.39, 0.29) is 11.7 Å². The smallest absolute Gasteiger partial charge is 0.251 e. The summed E-state index contributed by atoms with van der Waals surface area (Å²) in [5.41, 5.74) is 6.13. The van der Waals surface area contributed by atoms with E-state index in [1.807, 2.05) is 36.5 Å². The van der Waals surface area contributed by atoms with Crippen LogP contribution in [0.15, 0.2) is 72.9 Å². The highest BCUT2D eigenvalue weighted by atomic mass is 19.1. The van der Waals surface area contributed by atoms with Crippen molar-refractivity contribution in [1.29, 1.82) is 0 Å². The Hall–Kier alpha value is -3.40. The lowest BCUT2D eigenvalue weighted by Gasteiger charge is -2.07. The summed E-state index contributed by atoms with van der Waals surface area (Å²) in [5.74, 6) is -0.317. The summed E-state index contributed by atoms with van der Waals surface area (Å²) in [6.45, 7) is 2.65. The number of aromatic amines is 1. The van der Waals surface area contributed by atoms with Gasteiger partial charge in [0, 0.05) is 29.2 Å². The minimum absolute atomic E-state index is 0.0849. The molecule has 2 N–H and O–H groups in total. The first-order valence-corrected chi connectivity index (χ1v) is 9.77. The molecule has 0 spiro atoms. The number of fused-ring (bicyclic) bond motifs is 1. The molecule has 4 rings (SSSR count). The number of aryl methyl sites for hydroxylation is 1. The summed E-state index contributed by atoms with van der Waals surface area (Å²) in [7, 11) is 0. The van der Waals surface area contributed by atoms with Gasteiger partial charge in [-0.1, -0.05) is 35.9 Å². The largest absolute Gasteiger partial charge is 0.361 e. The summed E-state index contributed by atoms with van der Waals surface area (Å²) in [6.07, 6.45) is 3.42. The van der Waals surface area contributed by atoms with Crippen molar-refractivity contribution in [3.8, 4) is 0 Å². The fourth-order valence-electron chi connectivity index (χ4n) is 3.57. The number of nitrogens with one attached hydrogen (secondary N) is 2. The van der Waals surface area contributed by atoms with Gasteiger partial charge in [0.05, 0.1) is 0 Å². The zero-order valence-corrected chi connectivity index (χ0v) is 16.3. The van der Waals surface area contributed by atoms with Gasteiger partial charge in [-0.3, -0.25) is 4.79 Å². The molecule has 1 amide bonds. The Morgan fingerprint density at radius 1 is 1.00 bits per heavy atom. The van der Waals surface area contributed by atoms with E-state index in [1.165, 1.54) is 28.6 Å². The van der Waals surface area contributed by atoms with Crippen LogP contribution in [0.1, 0.15) is 32.6 Å². The number of halogens is 1. The third kappa shape index (κ3) is 4.54. The number of hydrogen-bond acceptors (Lipinski definition) is 1. The van der Waals surface area contributed by atoms with E-state index in [9.17, 15) is 9.18 Å². The fourth-order valence-corrected chi connectivity index (χ4v) is 3.57. The van der Waals surface area contributed by atoms with Crippen molar-refractivity contribution in [2.75, 3.05) is 6.54 Å². The molecule has 29 heavy (non-hydrogen) atoms. The van der Waals surface area contributed by atoms with Crippen LogP contribution in [0.4, 0.5) is 4.39 Å². The van der Waals surface area contributed by atoms with E-state index in [4.69, 9.17) is 0 Å². The van der Waals surface area contributed by atoms with Crippen LogP contribution < -0.4 is 5.32 Å². The van der Waals surface area contributed by atoms with Crippen LogP contribution >= 0.6 is 0 Å². The van der Waals surface area contributed by atoms with Gasteiger partial charge in [-0.15, -0.1) is 0 Å². The van der Waals surface area contributed by atoms with Crippen LogP contribution in [-0.2, 0) is 12.8 Å². The Bertz CT molecular complexity index is 1150. The van der Waals surface area contributed by atoms with Crippen LogP contribution in [0.25, 0.3) is 10.9 Å². The van der Waals surface area contributed by atoms with Crippen LogP contribution in [0, 0.1) is 12.7 Å². The fraction of sp³-hybridized carbons (Fsp3) is 0.160. The van der Waals surface area contributed by atoms with Crippen molar-refractivity contribution < 1.29 is 9.18 Å². The quantitative estimate of drug-likeness (QED) is 0.471. The third-order valence-electron chi connectivity index (χ3n) is 5.12. The molecule has 0 fully saturated rings. The monoisotopic (exact) mass is 386 g/mol. The molecule has 0 saturated heterocycles. The van der Waals surface area contributed by atoms with Gasteiger partial charge < -0.3 is 10.3 Å². The highest BCUT2D eigenvalue weighted by molar-refractivity contribution is 5.94. The molecule has 0 bridgehead atoms. The van der Waals surface area contributed by atoms with Crippen molar-refractivity contribution in [2.45, 2.75) is 19.8 Å².